The Kier molecular flexibility index (Phi) is 5.18. The van der Waals surface area contributed by atoms with E-state index in [1.165, 1.54) is 0 Å². The highest BCUT2D eigenvalue weighted by atomic mass is 35.5. The highest BCUT2D eigenvalue weighted by Crippen LogP contribution is 2.13. The smallest absolute Gasteiger partial charge is 0.287 e. The molecule has 0 aromatic carbocycles. The average molecular weight is 309 g/mol. The number of nitro groups is 1. The molecular weight excluding hydrogens is 296 g/mol. The minimum atomic E-state index is -3.71. The normalized spacial score (nSPS) is 18.8. The number of aromatic nitrogens is 1. The molecule has 1 aliphatic rings. The molecule has 2 heterocycles. The van der Waals surface area contributed by atoms with Crippen LogP contribution in [0.4, 0.5) is 5.69 Å². The van der Waals surface area contributed by atoms with Crippen LogP contribution in [0.3, 0.4) is 0 Å². The Hall–Kier alpha value is -1.29. The second-order valence-corrected chi connectivity index (χ2v) is 5.58. The lowest BCUT2D eigenvalue weighted by atomic mass is 10.3. The van der Waals surface area contributed by atoms with Crippen LogP contribution in [-0.2, 0) is 10.0 Å². The molecule has 0 bridgehead atoms. The first-order valence-electron chi connectivity index (χ1n) is 5.32. The van der Waals surface area contributed by atoms with Crippen molar-refractivity contribution < 1.29 is 13.3 Å². The van der Waals surface area contributed by atoms with Gasteiger partial charge in [-0.05, 0) is 19.0 Å². The van der Waals surface area contributed by atoms with Crippen LogP contribution in [-0.4, -0.2) is 37.5 Å². The third kappa shape index (κ3) is 3.83. The highest BCUT2D eigenvalue weighted by Gasteiger charge is 2.24. The number of rotatable bonds is 4. The standard InChI is InChI=1S/C9H12N4O4S.ClH/c14-13(15)8-1-2-9(11-6-8)18(16,17)12-7-3-4-10-5-7;/h1-2,6-7,10,12H,3-5H2;1H/t7-;/m1./s1. The van der Waals surface area contributed by atoms with Crippen LogP contribution < -0.4 is 10.0 Å². The maximum atomic E-state index is 11.9. The molecular formula is C9H13ClN4O4S. The van der Waals surface area contributed by atoms with Crippen LogP contribution in [0, 0.1) is 10.1 Å². The molecule has 1 aromatic heterocycles. The second-order valence-electron chi connectivity index (χ2n) is 3.92. The van der Waals surface area contributed by atoms with Crippen molar-refractivity contribution >= 4 is 28.1 Å². The van der Waals surface area contributed by atoms with Gasteiger partial charge in [0.2, 0.25) is 0 Å². The Bertz CT molecular complexity index is 542. The van der Waals surface area contributed by atoms with Crippen molar-refractivity contribution in [3.05, 3.63) is 28.4 Å². The Balaban J connectivity index is 0.00000180. The van der Waals surface area contributed by atoms with Gasteiger partial charge in [0, 0.05) is 18.7 Å². The molecule has 19 heavy (non-hydrogen) atoms. The van der Waals surface area contributed by atoms with Gasteiger partial charge in [0.1, 0.15) is 6.20 Å². The first kappa shape index (κ1) is 15.8. The van der Waals surface area contributed by atoms with E-state index >= 15 is 0 Å². The van der Waals surface area contributed by atoms with Crippen molar-refractivity contribution in [1.29, 1.82) is 0 Å². The highest BCUT2D eigenvalue weighted by molar-refractivity contribution is 7.89. The summed E-state index contributed by atoms with van der Waals surface area (Å²) in [5.41, 5.74) is -0.239. The fourth-order valence-electron chi connectivity index (χ4n) is 1.67. The lowest BCUT2D eigenvalue weighted by Crippen LogP contribution is -2.36. The van der Waals surface area contributed by atoms with Crippen molar-refractivity contribution in [3.63, 3.8) is 0 Å². The van der Waals surface area contributed by atoms with Gasteiger partial charge in [-0.15, -0.1) is 12.4 Å². The molecule has 0 spiro atoms. The van der Waals surface area contributed by atoms with Gasteiger partial charge < -0.3 is 5.32 Å². The second kappa shape index (κ2) is 6.24. The number of nitrogens with zero attached hydrogens (tertiary/aromatic N) is 2. The van der Waals surface area contributed by atoms with E-state index in [-0.39, 0.29) is 29.2 Å². The summed E-state index contributed by atoms with van der Waals surface area (Å²) in [5.74, 6) is 0. The van der Waals surface area contributed by atoms with Gasteiger partial charge in [0.05, 0.1) is 4.92 Å². The summed E-state index contributed by atoms with van der Waals surface area (Å²) in [6, 6.07) is 2.09. The Morgan fingerprint density at radius 1 is 1.47 bits per heavy atom. The average Bonchev–Trinajstić information content (AvgIpc) is 2.81. The van der Waals surface area contributed by atoms with Gasteiger partial charge >= 0.3 is 0 Å². The van der Waals surface area contributed by atoms with E-state index in [0.29, 0.717) is 13.0 Å². The van der Waals surface area contributed by atoms with Crippen LogP contribution in [0.15, 0.2) is 23.4 Å². The maximum absolute atomic E-state index is 11.9. The number of sulfonamides is 1. The number of nitrogens with one attached hydrogen (secondary N) is 2. The summed E-state index contributed by atoms with van der Waals surface area (Å²) in [6.07, 6.45) is 1.65. The van der Waals surface area contributed by atoms with E-state index < -0.39 is 14.9 Å². The maximum Gasteiger partial charge on any atom is 0.287 e. The van der Waals surface area contributed by atoms with E-state index in [2.05, 4.69) is 15.0 Å². The Labute approximate surface area is 116 Å². The molecule has 10 heteroatoms. The quantitative estimate of drug-likeness (QED) is 0.600. The van der Waals surface area contributed by atoms with Crippen molar-refractivity contribution in [2.24, 2.45) is 0 Å². The van der Waals surface area contributed by atoms with E-state index in [9.17, 15) is 18.5 Å². The first-order valence-corrected chi connectivity index (χ1v) is 6.81. The van der Waals surface area contributed by atoms with Gasteiger partial charge in [-0.25, -0.2) is 18.1 Å². The number of pyridine rings is 1. The molecule has 0 aliphatic carbocycles. The SMILES string of the molecule is Cl.O=[N+]([O-])c1ccc(S(=O)(=O)N[C@@H]2CCNC2)nc1. The third-order valence-corrected chi connectivity index (χ3v) is 4.02. The molecule has 2 N–H and O–H groups in total. The van der Waals surface area contributed by atoms with Crippen LogP contribution in [0.2, 0.25) is 0 Å². The van der Waals surface area contributed by atoms with Crippen LogP contribution in [0.25, 0.3) is 0 Å². The van der Waals surface area contributed by atoms with E-state index in [1.807, 2.05) is 0 Å². The molecule has 0 amide bonds. The predicted molar refractivity (Wildman–Crippen MR) is 69.7 cm³/mol. The van der Waals surface area contributed by atoms with Crippen LogP contribution in [0.1, 0.15) is 6.42 Å². The van der Waals surface area contributed by atoms with Crippen molar-refractivity contribution in [2.75, 3.05) is 13.1 Å². The third-order valence-electron chi connectivity index (χ3n) is 2.59. The topological polar surface area (TPSA) is 114 Å². The van der Waals surface area contributed by atoms with Crippen molar-refractivity contribution in [2.45, 2.75) is 17.5 Å². The summed E-state index contributed by atoms with van der Waals surface area (Å²) in [5, 5.41) is 13.3. The molecule has 106 valence electrons. The monoisotopic (exact) mass is 308 g/mol. The fraction of sp³-hybridized carbons (Fsp3) is 0.444. The van der Waals surface area contributed by atoms with E-state index in [0.717, 1.165) is 24.9 Å². The lowest BCUT2D eigenvalue weighted by Gasteiger charge is -2.10. The summed E-state index contributed by atoms with van der Waals surface area (Å²) in [6.45, 7) is 1.34. The van der Waals surface area contributed by atoms with Gasteiger partial charge in [0.15, 0.2) is 5.03 Å². The summed E-state index contributed by atoms with van der Waals surface area (Å²) >= 11 is 0. The summed E-state index contributed by atoms with van der Waals surface area (Å²) in [7, 11) is -3.71. The van der Waals surface area contributed by atoms with Crippen molar-refractivity contribution in [1.82, 2.24) is 15.0 Å². The zero-order chi connectivity index (χ0) is 13.2. The number of hydrogen-bond donors (Lipinski definition) is 2. The van der Waals surface area contributed by atoms with Crippen molar-refractivity contribution in [3.8, 4) is 0 Å². The lowest BCUT2D eigenvalue weighted by molar-refractivity contribution is -0.385. The van der Waals surface area contributed by atoms with E-state index in [1.54, 1.807) is 0 Å². The van der Waals surface area contributed by atoms with Gasteiger partial charge in [-0.3, -0.25) is 10.1 Å². The van der Waals surface area contributed by atoms with Crippen LogP contribution in [0.5, 0.6) is 0 Å². The largest absolute Gasteiger partial charge is 0.315 e. The molecule has 1 aromatic rings. The first-order chi connectivity index (χ1) is 8.49. The molecule has 8 nitrogen and oxygen atoms in total. The number of halogens is 1. The molecule has 1 saturated heterocycles. The molecule has 1 aliphatic heterocycles. The minimum absolute atomic E-state index is 0. The summed E-state index contributed by atoms with van der Waals surface area (Å²) < 4.78 is 26.3. The molecule has 0 unspecified atom stereocenters. The predicted octanol–water partition coefficient (Wildman–Crippen LogP) is 0.0518. The van der Waals surface area contributed by atoms with Gasteiger partial charge in [-0.1, -0.05) is 0 Å². The summed E-state index contributed by atoms with van der Waals surface area (Å²) in [4.78, 5) is 13.4. The van der Waals surface area contributed by atoms with Gasteiger partial charge in [0.25, 0.3) is 15.7 Å². The van der Waals surface area contributed by atoms with Crippen LogP contribution >= 0.6 is 12.4 Å². The van der Waals surface area contributed by atoms with Gasteiger partial charge in [-0.2, -0.15) is 0 Å². The molecule has 1 atom stereocenters. The minimum Gasteiger partial charge on any atom is -0.315 e. The zero-order valence-corrected chi connectivity index (χ0v) is 11.4. The molecule has 1 fully saturated rings. The Morgan fingerprint density at radius 3 is 2.68 bits per heavy atom. The molecule has 0 radical (unpaired) electrons. The fourth-order valence-corrected chi connectivity index (χ4v) is 2.87. The molecule has 0 saturated carbocycles. The van der Waals surface area contributed by atoms with E-state index in [4.69, 9.17) is 0 Å². The Morgan fingerprint density at radius 2 is 2.21 bits per heavy atom. The zero-order valence-electron chi connectivity index (χ0n) is 9.77. The number of hydrogen-bond acceptors (Lipinski definition) is 6. The molecule has 2 rings (SSSR count).